The lowest BCUT2D eigenvalue weighted by molar-refractivity contribution is -0.150. The smallest absolute Gasteiger partial charge is 0.326 e. The van der Waals surface area contributed by atoms with E-state index in [1.54, 1.807) is 13.8 Å². The molecule has 0 bridgehead atoms. The lowest BCUT2D eigenvalue weighted by atomic mass is 10.0. The van der Waals surface area contributed by atoms with Crippen molar-refractivity contribution in [3.8, 4) is 0 Å². The van der Waals surface area contributed by atoms with Gasteiger partial charge in [-0.2, -0.15) is 0 Å². The van der Waals surface area contributed by atoms with Crippen molar-refractivity contribution in [2.45, 2.75) is 57.7 Å². The zero-order valence-electron chi connectivity index (χ0n) is 13.9. The molecule has 0 unspecified atom stereocenters. The molecule has 0 radical (unpaired) electrons. The third-order valence-electron chi connectivity index (χ3n) is 4.06. The van der Waals surface area contributed by atoms with Gasteiger partial charge in [0.15, 0.2) is 0 Å². The van der Waals surface area contributed by atoms with Gasteiger partial charge in [-0.05, 0) is 25.2 Å². The number of rotatable bonds is 8. The number of carbonyl (C=O) groups excluding carboxylic acids is 2. The Balaban J connectivity index is 2.76. The Morgan fingerprint density at radius 1 is 1.25 bits per heavy atom. The van der Waals surface area contributed by atoms with Gasteiger partial charge in [-0.3, -0.25) is 14.4 Å². The lowest BCUT2D eigenvalue weighted by Gasteiger charge is -2.30. The zero-order chi connectivity index (χ0) is 18.4. The van der Waals surface area contributed by atoms with E-state index in [2.05, 4.69) is 5.32 Å². The highest BCUT2D eigenvalue weighted by Gasteiger charge is 2.38. The fourth-order valence-electron chi connectivity index (χ4n) is 2.65. The van der Waals surface area contributed by atoms with E-state index in [1.165, 1.54) is 4.90 Å². The van der Waals surface area contributed by atoms with Crippen molar-refractivity contribution in [2.75, 3.05) is 6.54 Å². The summed E-state index contributed by atoms with van der Waals surface area (Å²) in [4.78, 5) is 47.8. The second kappa shape index (κ2) is 8.62. The lowest BCUT2D eigenvalue weighted by Crippen LogP contribution is -2.56. The Hall–Kier alpha value is -2.16. The summed E-state index contributed by atoms with van der Waals surface area (Å²) in [6, 6.07) is -2.81. The molecule has 2 amide bonds. The number of amides is 2. The van der Waals surface area contributed by atoms with Crippen LogP contribution < -0.4 is 11.1 Å². The number of likely N-dealkylation sites (tertiary alicyclic amines) is 1. The molecule has 0 aliphatic carbocycles. The molecule has 1 saturated heterocycles. The van der Waals surface area contributed by atoms with Crippen LogP contribution in [0.25, 0.3) is 0 Å². The van der Waals surface area contributed by atoms with E-state index in [1.807, 2.05) is 0 Å². The van der Waals surface area contributed by atoms with Crippen LogP contribution in [0.5, 0.6) is 0 Å². The van der Waals surface area contributed by atoms with Gasteiger partial charge in [0.1, 0.15) is 12.1 Å². The Kier molecular flexibility index (Phi) is 7.15. The minimum Gasteiger partial charge on any atom is -0.481 e. The number of aliphatic carboxylic acids is 2. The SMILES string of the molecule is CC(C)[C@H](NC(=O)[C@@H](N)CCC(=O)O)C(=O)N1CCC[C@@H]1C(=O)O. The van der Waals surface area contributed by atoms with Crippen molar-refractivity contribution >= 4 is 23.8 Å². The number of carbonyl (C=O) groups is 4. The molecule has 0 saturated carbocycles. The standard InChI is InChI=1S/C15H25N3O6/c1-8(2)12(17-13(21)9(16)5-6-11(19)20)14(22)18-7-3-4-10(18)15(23)24/h8-10,12H,3-7,16H2,1-2H3,(H,17,21)(H,19,20)(H,23,24)/t9-,10+,12-/m0/s1. The molecule has 1 aliphatic heterocycles. The average Bonchev–Trinajstić information content (AvgIpc) is 2.98. The summed E-state index contributed by atoms with van der Waals surface area (Å²) >= 11 is 0. The first-order chi connectivity index (χ1) is 11.1. The first kappa shape index (κ1) is 19.9. The summed E-state index contributed by atoms with van der Waals surface area (Å²) in [6.07, 6.45) is 0.696. The molecule has 0 aromatic heterocycles. The summed E-state index contributed by atoms with van der Waals surface area (Å²) in [5.41, 5.74) is 5.65. The maximum Gasteiger partial charge on any atom is 0.326 e. The fourth-order valence-corrected chi connectivity index (χ4v) is 2.65. The van der Waals surface area contributed by atoms with Crippen LogP contribution in [-0.2, 0) is 19.2 Å². The molecule has 5 N–H and O–H groups in total. The van der Waals surface area contributed by atoms with Gasteiger partial charge in [0.25, 0.3) is 0 Å². The number of carboxylic acids is 2. The van der Waals surface area contributed by atoms with Gasteiger partial charge < -0.3 is 26.2 Å². The predicted molar refractivity (Wildman–Crippen MR) is 84.0 cm³/mol. The number of hydrogen-bond acceptors (Lipinski definition) is 5. The molecule has 0 aromatic rings. The normalized spacial score (nSPS) is 19.8. The van der Waals surface area contributed by atoms with E-state index in [9.17, 15) is 24.3 Å². The first-order valence-electron chi connectivity index (χ1n) is 7.96. The molecule has 0 aromatic carbocycles. The second-order valence-electron chi connectivity index (χ2n) is 6.30. The maximum atomic E-state index is 12.6. The Morgan fingerprint density at radius 3 is 2.38 bits per heavy atom. The maximum absolute atomic E-state index is 12.6. The van der Waals surface area contributed by atoms with E-state index in [0.29, 0.717) is 19.4 Å². The van der Waals surface area contributed by atoms with Crippen LogP contribution in [-0.4, -0.2) is 63.5 Å². The Morgan fingerprint density at radius 2 is 1.88 bits per heavy atom. The topological polar surface area (TPSA) is 150 Å². The van der Waals surface area contributed by atoms with Crippen LogP contribution in [0.15, 0.2) is 0 Å². The summed E-state index contributed by atoms with van der Waals surface area (Å²) in [7, 11) is 0. The van der Waals surface area contributed by atoms with E-state index < -0.39 is 41.9 Å². The number of nitrogens with zero attached hydrogens (tertiary/aromatic N) is 1. The van der Waals surface area contributed by atoms with Crippen molar-refractivity contribution < 1.29 is 29.4 Å². The molecule has 1 heterocycles. The van der Waals surface area contributed by atoms with Gasteiger partial charge >= 0.3 is 11.9 Å². The van der Waals surface area contributed by atoms with Crippen molar-refractivity contribution in [2.24, 2.45) is 11.7 Å². The monoisotopic (exact) mass is 343 g/mol. The first-order valence-corrected chi connectivity index (χ1v) is 7.96. The molecule has 1 fully saturated rings. The molecule has 1 aliphatic rings. The van der Waals surface area contributed by atoms with Gasteiger partial charge in [-0.1, -0.05) is 13.8 Å². The van der Waals surface area contributed by atoms with Gasteiger partial charge in [-0.25, -0.2) is 4.79 Å². The highest BCUT2D eigenvalue weighted by Crippen LogP contribution is 2.20. The zero-order valence-corrected chi connectivity index (χ0v) is 13.9. The van der Waals surface area contributed by atoms with Crippen LogP contribution in [0, 0.1) is 5.92 Å². The van der Waals surface area contributed by atoms with Crippen LogP contribution in [0.2, 0.25) is 0 Å². The molecular formula is C15H25N3O6. The van der Waals surface area contributed by atoms with E-state index in [-0.39, 0.29) is 18.8 Å². The van der Waals surface area contributed by atoms with E-state index in [4.69, 9.17) is 10.8 Å². The number of carboxylic acid groups (broad SMARTS) is 2. The third kappa shape index (κ3) is 5.19. The molecule has 0 spiro atoms. The predicted octanol–water partition coefficient (Wildman–Crippen LogP) is -0.605. The highest BCUT2D eigenvalue weighted by molar-refractivity contribution is 5.92. The van der Waals surface area contributed by atoms with Gasteiger partial charge in [0, 0.05) is 13.0 Å². The molecule has 1 rings (SSSR count). The number of hydrogen-bond donors (Lipinski definition) is 4. The molecule has 9 nitrogen and oxygen atoms in total. The van der Waals surface area contributed by atoms with Crippen LogP contribution in [0.3, 0.4) is 0 Å². The quantitative estimate of drug-likeness (QED) is 0.459. The molecule has 24 heavy (non-hydrogen) atoms. The number of nitrogens with two attached hydrogens (primary N) is 1. The van der Waals surface area contributed by atoms with E-state index >= 15 is 0 Å². The van der Waals surface area contributed by atoms with E-state index in [0.717, 1.165) is 0 Å². The molecule has 136 valence electrons. The third-order valence-corrected chi connectivity index (χ3v) is 4.06. The summed E-state index contributed by atoms with van der Waals surface area (Å²) in [6.45, 7) is 3.80. The Bertz CT molecular complexity index is 507. The Labute approximate surface area is 140 Å². The summed E-state index contributed by atoms with van der Waals surface area (Å²) < 4.78 is 0. The highest BCUT2D eigenvalue weighted by atomic mass is 16.4. The number of nitrogens with one attached hydrogen (secondary N) is 1. The van der Waals surface area contributed by atoms with Crippen LogP contribution in [0.4, 0.5) is 0 Å². The van der Waals surface area contributed by atoms with Gasteiger partial charge in [0.05, 0.1) is 6.04 Å². The van der Waals surface area contributed by atoms with Gasteiger partial charge in [-0.15, -0.1) is 0 Å². The fraction of sp³-hybridized carbons (Fsp3) is 0.733. The van der Waals surface area contributed by atoms with Crippen molar-refractivity contribution in [3.63, 3.8) is 0 Å². The summed E-state index contributed by atoms with van der Waals surface area (Å²) in [5, 5.41) is 20.3. The summed E-state index contributed by atoms with van der Waals surface area (Å²) in [5.74, 6) is -3.45. The van der Waals surface area contributed by atoms with Crippen molar-refractivity contribution in [1.29, 1.82) is 0 Å². The van der Waals surface area contributed by atoms with Gasteiger partial charge in [0.2, 0.25) is 11.8 Å². The van der Waals surface area contributed by atoms with Crippen molar-refractivity contribution in [1.82, 2.24) is 10.2 Å². The minimum absolute atomic E-state index is 0.0400. The molecular weight excluding hydrogens is 318 g/mol. The van der Waals surface area contributed by atoms with Crippen LogP contribution in [0.1, 0.15) is 39.5 Å². The molecule has 9 heteroatoms. The molecule has 3 atom stereocenters. The largest absolute Gasteiger partial charge is 0.481 e. The average molecular weight is 343 g/mol. The second-order valence-corrected chi connectivity index (χ2v) is 6.30. The van der Waals surface area contributed by atoms with Crippen molar-refractivity contribution in [3.05, 3.63) is 0 Å². The van der Waals surface area contributed by atoms with Crippen LogP contribution >= 0.6 is 0 Å². The minimum atomic E-state index is -1.06.